The highest BCUT2D eigenvalue weighted by Gasteiger charge is 2.34. The zero-order valence-corrected chi connectivity index (χ0v) is 25.4. The first-order valence-electron chi connectivity index (χ1n) is 13.4. The van der Waals surface area contributed by atoms with E-state index < -0.39 is 34.3 Å². The molecular formula is C32H31BrFN3O4S. The van der Waals surface area contributed by atoms with Crippen LogP contribution in [0.1, 0.15) is 18.1 Å². The lowest BCUT2D eigenvalue weighted by Crippen LogP contribution is -2.53. The molecule has 7 nitrogen and oxygen atoms in total. The summed E-state index contributed by atoms with van der Waals surface area (Å²) in [6.45, 7) is 1.53. The molecule has 42 heavy (non-hydrogen) atoms. The number of likely N-dealkylation sites (N-methyl/N-ethyl adjacent to an activating group) is 1. The van der Waals surface area contributed by atoms with Gasteiger partial charge >= 0.3 is 0 Å². The van der Waals surface area contributed by atoms with Gasteiger partial charge in [-0.2, -0.15) is 0 Å². The molecule has 0 bridgehead atoms. The lowest BCUT2D eigenvalue weighted by Gasteiger charge is -2.33. The van der Waals surface area contributed by atoms with Gasteiger partial charge in [0.2, 0.25) is 11.8 Å². The van der Waals surface area contributed by atoms with Crippen molar-refractivity contribution in [3.63, 3.8) is 0 Å². The lowest BCUT2D eigenvalue weighted by atomic mass is 10.0. The molecule has 4 rings (SSSR count). The zero-order valence-electron chi connectivity index (χ0n) is 23.0. The Hall–Kier alpha value is -4.02. The molecule has 10 heteroatoms. The third-order valence-electron chi connectivity index (χ3n) is 6.61. The summed E-state index contributed by atoms with van der Waals surface area (Å²) in [4.78, 5) is 29.1. The average Bonchev–Trinajstić information content (AvgIpc) is 3.00. The molecule has 0 saturated heterocycles. The van der Waals surface area contributed by atoms with Crippen LogP contribution in [0.5, 0.6) is 0 Å². The topological polar surface area (TPSA) is 86.8 Å². The van der Waals surface area contributed by atoms with E-state index in [1.54, 1.807) is 61.5 Å². The van der Waals surface area contributed by atoms with Crippen LogP contribution in [-0.2, 0) is 32.6 Å². The molecule has 218 valence electrons. The highest BCUT2D eigenvalue weighted by atomic mass is 79.9. The molecule has 0 aliphatic rings. The second-order valence-electron chi connectivity index (χ2n) is 9.55. The molecule has 0 spiro atoms. The molecule has 1 unspecified atom stereocenters. The summed E-state index contributed by atoms with van der Waals surface area (Å²) in [5.41, 5.74) is 1.70. The van der Waals surface area contributed by atoms with Gasteiger partial charge in [-0.1, -0.05) is 76.6 Å². The van der Waals surface area contributed by atoms with Crippen LogP contribution in [0.4, 0.5) is 10.1 Å². The van der Waals surface area contributed by atoms with Crippen LogP contribution in [0, 0.1) is 5.82 Å². The van der Waals surface area contributed by atoms with E-state index in [9.17, 15) is 22.4 Å². The van der Waals surface area contributed by atoms with E-state index in [4.69, 9.17) is 0 Å². The van der Waals surface area contributed by atoms with Crippen LogP contribution in [0.25, 0.3) is 0 Å². The monoisotopic (exact) mass is 651 g/mol. The first-order chi connectivity index (χ1) is 20.2. The molecule has 0 aliphatic heterocycles. The number of anilines is 1. The van der Waals surface area contributed by atoms with Crippen LogP contribution in [-0.4, -0.2) is 44.3 Å². The second kappa shape index (κ2) is 14.2. The van der Waals surface area contributed by atoms with E-state index in [0.717, 1.165) is 14.3 Å². The molecule has 4 aromatic rings. The van der Waals surface area contributed by atoms with Crippen molar-refractivity contribution in [3.8, 4) is 0 Å². The van der Waals surface area contributed by atoms with Gasteiger partial charge in [0.25, 0.3) is 10.0 Å². The van der Waals surface area contributed by atoms with Gasteiger partial charge < -0.3 is 10.2 Å². The summed E-state index contributed by atoms with van der Waals surface area (Å²) in [5.74, 6) is -1.40. The highest BCUT2D eigenvalue weighted by Crippen LogP contribution is 2.26. The minimum atomic E-state index is -4.17. The SMILES string of the molecule is CCNC(=O)C(Cc1ccccc1)N(Cc1ccc(F)cc1)C(=O)CN(c1ccc(Br)cc1)S(=O)(=O)c1ccccc1. The summed E-state index contributed by atoms with van der Waals surface area (Å²) in [6, 6.07) is 28.4. The Morgan fingerprint density at radius 2 is 1.43 bits per heavy atom. The van der Waals surface area contributed by atoms with E-state index in [1.165, 1.54) is 29.2 Å². The zero-order chi connectivity index (χ0) is 30.1. The Morgan fingerprint density at radius 1 is 0.833 bits per heavy atom. The Balaban J connectivity index is 1.78. The van der Waals surface area contributed by atoms with Crippen molar-refractivity contribution in [3.05, 3.63) is 131 Å². The number of carbonyl (C=O) groups excluding carboxylic acids is 2. The van der Waals surface area contributed by atoms with Gasteiger partial charge in [-0.15, -0.1) is 0 Å². The summed E-state index contributed by atoms with van der Waals surface area (Å²) in [6.07, 6.45) is 0.198. The predicted molar refractivity (Wildman–Crippen MR) is 165 cm³/mol. The molecule has 0 radical (unpaired) electrons. The van der Waals surface area contributed by atoms with Gasteiger partial charge in [0.15, 0.2) is 0 Å². The van der Waals surface area contributed by atoms with Crippen molar-refractivity contribution in [2.75, 3.05) is 17.4 Å². The maximum atomic E-state index is 14.2. The quantitative estimate of drug-likeness (QED) is 0.217. The molecule has 0 aromatic heterocycles. The number of halogens is 2. The van der Waals surface area contributed by atoms with E-state index in [-0.39, 0.29) is 29.5 Å². The third-order valence-corrected chi connectivity index (χ3v) is 8.93. The first-order valence-corrected chi connectivity index (χ1v) is 15.6. The highest BCUT2D eigenvalue weighted by molar-refractivity contribution is 9.10. The standard InChI is InChI=1S/C32H31BrFN3O4S/c1-2-35-32(39)30(21-24-9-5-3-6-10-24)36(22-25-13-17-27(34)18-14-25)31(38)23-37(28-19-15-26(33)16-20-28)42(40,41)29-11-7-4-8-12-29/h3-20,30H,2,21-23H2,1H3,(H,35,39). The van der Waals surface area contributed by atoms with E-state index in [1.807, 2.05) is 30.3 Å². The molecule has 4 aromatic carbocycles. The molecule has 0 heterocycles. The van der Waals surface area contributed by atoms with Crippen LogP contribution in [0.15, 0.2) is 119 Å². The van der Waals surface area contributed by atoms with Gasteiger partial charge in [-0.25, -0.2) is 12.8 Å². The van der Waals surface area contributed by atoms with E-state index >= 15 is 0 Å². The van der Waals surface area contributed by atoms with Crippen LogP contribution < -0.4 is 9.62 Å². The van der Waals surface area contributed by atoms with Gasteiger partial charge in [-0.05, 0) is 66.6 Å². The first kappa shape index (κ1) is 30.9. The van der Waals surface area contributed by atoms with Crippen molar-refractivity contribution >= 4 is 43.5 Å². The molecule has 2 amide bonds. The molecule has 1 N–H and O–H groups in total. The van der Waals surface area contributed by atoms with Crippen LogP contribution >= 0.6 is 15.9 Å². The molecule has 0 aliphatic carbocycles. The number of sulfonamides is 1. The van der Waals surface area contributed by atoms with Crippen molar-refractivity contribution in [2.24, 2.45) is 0 Å². The second-order valence-corrected chi connectivity index (χ2v) is 12.3. The maximum absolute atomic E-state index is 14.2. The Kier molecular flexibility index (Phi) is 10.5. The van der Waals surface area contributed by atoms with Gasteiger partial charge in [0.1, 0.15) is 18.4 Å². The summed E-state index contributed by atoms with van der Waals surface area (Å²) in [5, 5.41) is 2.81. The predicted octanol–water partition coefficient (Wildman–Crippen LogP) is 5.56. The summed E-state index contributed by atoms with van der Waals surface area (Å²) < 4.78 is 43.3. The normalized spacial score (nSPS) is 11.9. The molecule has 0 saturated carbocycles. The smallest absolute Gasteiger partial charge is 0.264 e. The minimum Gasteiger partial charge on any atom is -0.355 e. The van der Waals surface area contributed by atoms with Crippen molar-refractivity contribution < 1.29 is 22.4 Å². The summed E-state index contributed by atoms with van der Waals surface area (Å²) in [7, 11) is -4.17. The number of amides is 2. The van der Waals surface area contributed by atoms with E-state index in [0.29, 0.717) is 12.1 Å². The van der Waals surface area contributed by atoms with Gasteiger partial charge in [-0.3, -0.25) is 13.9 Å². The number of carbonyl (C=O) groups is 2. The number of hydrogen-bond acceptors (Lipinski definition) is 4. The fourth-order valence-corrected chi connectivity index (χ4v) is 6.19. The van der Waals surface area contributed by atoms with Gasteiger partial charge in [0.05, 0.1) is 10.6 Å². The lowest BCUT2D eigenvalue weighted by molar-refractivity contribution is -0.140. The largest absolute Gasteiger partial charge is 0.355 e. The number of hydrogen-bond donors (Lipinski definition) is 1. The van der Waals surface area contributed by atoms with Crippen LogP contribution in [0.3, 0.4) is 0 Å². The number of rotatable bonds is 12. The molecule has 0 fully saturated rings. The molecule has 1 atom stereocenters. The van der Waals surface area contributed by atoms with Crippen molar-refractivity contribution in [1.82, 2.24) is 10.2 Å². The van der Waals surface area contributed by atoms with Crippen molar-refractivity contribution in [1.29, 1.82) is 0 Å². The minimum absolute atomic E-state index is 0.0235. The van der Waals surface area contributed by atoms with Gasteiger partial charge in [0, 0.05) is 24.0 Å². The Labute approximate surface area is 254 Å². The number of nitrogens with one attached hydrogen (secondary N) is 1. The maximum Gasteiger partial charge on any atom is 0.264 e. The Bertz CT molecular complexity index is 1590. The Morgan fingerprint density at radius 3 is 2.02 bits per heavy atom. The van der Waals surface area contributed by atoms with E-state index in [2.05, 4.69) is 21.2 Å². The number of nitrogens with zero attached hydrogens (tertiary/aromatic N) is 2. The van der Waals surface area contributed by atoms with Crippen molar-refractivity contribution in [2.45, 2.75) is 30.8 Å². The fraction of sp³-hybridized carbons (Fsp3) is 0.188. The third kappa shape index (κ3) is 7.83. The molecular weight excluding hydrogens is 621 g/mol. The summed E-state index contributed by atoms with van der Waals surface area (Å²) >= 11 is 3.37. The fourth-order valence-electron chi connectivity index (χ4n) is 4.49. The number of benzene rings is 4. The van der Waals surface area contributed by atoms with Crippen LogP contribution in [0.2, 0.25) is 0 Å². The average molecular weight is 653 g/mol.